The summed E-state index contributed by atoms with van der Waals surface area (Å²) in [6, 6.07) is 0. The first kappa shape index (κ1) is 11.8. The Kier molecular flexibility index (Phi) is 3.00. The second kappa shape index (κ2) is 4.81. The first-order valence-corrected chi connectivity index (χ1v) is 5.92. The summed E-state index contributed by atoms with van der Waals surface area (Å²) in [6.07, 6.45) is 2.68. The summed E-state index contributed by atoms with van der Waals surface area (Å²) < 4.78 is 11.7. The monoisotopic (exact) mass is 280 g/mol. The molecule has 3 rings (SSSR count). The van der Waals surface area contributed by atoms with Crippen molar-refractivity contribution in [3.05, 3.63) is 24.4 Å². The van der Waals surface area contributed by atoms with Crippen molar-refractivity contribution in [3.63, 3.8) is 0 Å². The van der Waals surface area contributed by atoms with E-state index in [1.165, 1.54) is 19.8 Å². The molecule has 0 aliphatic heterocycles. The zero-order chi connectivity index (χ0) is 13.2. The van der Waals surface area contributed by atoms with Crippen LogP contribution in [-0.4, -0.2) is 36.8 Å². The Labute approximate surface area is 112 Å². The number of rotatable bonds is 4. The van der Waals surface area contributed by atoms with Crippen LogP contribution in [0, 0.1) is 0 Å². The van der Waals surface area contributed by atoms with Crippen LogP contribution in [0.4, 0.5) is 0 Å². The summed E-state index contributed by atoms with van der Waals surface area (Å²) in [4.78, 5) is 16.6. The van der Waals surface area contributed by atoms with E-state index in [-0.39, 0.29) is 5.88 Å². The van der Waals surface area contributed by atoms with Gasteiger partial charge in [0.25, 0.3) is 0 Å². The van der Waals surface area contributed by atoms with Crippen molar-refractivity contribution in [2.75, 3.05) is 7.11 Å². The maximum atomic E-state index is 5.90. The third kappa shape index (κ3) is 1.99. The Morgan fingerprint density at radius 3 is 2.95 bits per heavy atom. The molecule has 3 heterocycles. The van der Waals surface area contributed by atoms with Gasteiger partial charge in [0, 0.05) is 0 Å². The van der Waals surface area contributed by atoms with E-state index in [2.05, 4.69) is 25.1 Å². The van der Waals surface area contributed by atoms with E-state index < -0.39 is 0 Å². The molecule has 0 saturated heterocycles. The van der Waals surface area contributed by atoms with E-state index >= 15 is 0 Å². The Balaban J connectivity index is 2.16. The van der Waals surface area contributed by atoms with E-state index in [1.54, 1.807) is 4.57 Å². The SMILES string of the molecule is COc1ncnc2c1nc(CCl)n2Cc1ncon1. The molecule has 0 bridgehead atoms. The van der Waals surface area contributed by atoms with Crippen molar-refractivity contribution in [2.24, 2.45) is 0 Å². The van der Waals surface area contributed by atoms with Crippen LogP contribution in [0.3, 0.4) is 0 Å². The predicted octanol–water partition coefficient (Wildman–Crippen LogP) is 1.00. The molecule has 3 aromatic rings. The zero-order valence-corrected chi connectivity index (χ0v) is 10.7. The molecule has 8 nitrogen and oxygen atoms in total. The summed E-state index contributed by atoms with van der Waals surface area (Å²) in [5, 5.41) is 3.76. The molecule has 0 atom stereocenters. The molecule has 0 spiro atoms. The molecule has 0 unspecified atom stereocenters. The van der Waals surface area contributed by atoms with Crippen molar-refractivity contribution < 1.29 is 9.26 Å². The fourth-order valence-electron chi connectivity index (χ4n) is 1.78. The summed E-state index contributed by atoms with van der Waals surface area (Å²) in [7, 11) is 1.53. The number of fused-ring (bicyclic) bond motifs is 1. The van der Waals surface area contributed by atoms with E-state index in [1.807, 2.05) is 0 Å². The molecule has 0 saturated carbocycles. The number of ether oxygens (including phenoxy) is 1. The number of hydrogen-bond donors (Lipinski definition) is 0. The lowest BCUT2D eigenvalue weighted by atomic mass is 10.5. The van der Waals surface area contributed by atoms with Gasteiger partial charge in [-0.05, 0) is 0 Å². The maximum absolute atomic E-state index is 5.90. The molecule has 98 valence electrons. The fourth-order valence-corrected chi connectivity index (χ4v) is 1.99. The largest absolute Gasteiger partial charge is 0.479 e. The number of nitrogens with zero attached hydrogens (tertiary/aromatic N) is 6. The van der Waals surface area contributed by atoms with Gasteiger partial charge in [-0.2, -0.15) is 9.97 Å². The first-order chi connectivity index (χ1) is 9.33. The van der Waals surface area contributed by atoms with Gasteiger partial charge in [0.05, 0.1) is 19.5 Å². The lowest BCUT2D eigenvalue weighted by Crippen LogP contribution is -2.06. The second-order valence-corrected chi connectivity index (χ2v) is 3.92. The molecule has 19 heavy (non-hydrogen) atoms. The van der Waals surface area contributed by atoms with Gasteiger partial charge in [-0.1, -0.05) is 5.16 Å². The minimum Gasteiger partial charge on any atom is -0.479 e. The number of hydrogen-bond acceptors (Lipinski definition) is 7. The van der Waals surface area contributed by atoms with Gasteiger partial charge in [-0.25, -0.2) is 9.97 Å². The summed E-state index contributed by atoms with van der Waals surface area (Å²) >= 11 is 5.90. The van der Waals surface area contributed by atoms with E-state index in [0.717, 1.165) is 0 Å². The van der Waals surface area contributed by atoms with Crippen molar-refractivity contribution in [3.8, 4) is 5.88 Å². The van der Waals surface area contributed by atoms with E-state index in [9.17, 15) is 0 Å². The lowest BCUT2D eigenvalue weighted by molar-refractivity contribution is 0.401. The van der Waals surface area contributed by atoms with Crippen LogP contribution in [0.25, 0.3) is 11.2 Å². The van der Waals surface area contributed by atoms with Crippen molar-refractivity contribution in [2.45, 2.75) is 12.4 Å². The van der Waals surface area contributed by atoms with Gasteiger partial charge >= 0.3 is 0 Å². The minimum atomic E-state index is 0.233. The molecule has 0 N–H and O–H groups in total. The Bertz CT molecular complexity index is 695. The van der Waals surface area contributed by atoms with Crippen LogP contribution >= 0.6 is 11.6 Å². The van der Waals surface area contributed by atoms with Gasteiger partial charge in [0.2, 0.25) is 12.3 Å². The predicted molar refractivity (Wildman–Crippen MR) is 64.8 cm³/mol. The van der Waals surface area contributed by atoms with Crippen molar-refractivity contribution in [1.82, 2.24) is 29.7 Å². The zero-order valence-electron chi connectivity index (χ0n) is 9.95. The first-order valence-electron chi connectivity index (χ1n) is 5.38. The summed E-state index contributed by atoms with van der Waals surface area (Å²) in [5.41, 5.74) is 1.18. The molecule has 3 aromatic heterocycles. The minimum absolute atomic E-state index is 0.233. The number of halogens is 1. The van der Waals surface area contributed by atoms with Gasteiger partial charge in [-0.15, -0.1) is 11.6 Å². The number of alkyl halides is 1. The van der Waals surface area contributed by atoms with Gasteiger partial charge in [0.15, 0.2) is 17.0 Å². The summed E-state index contributed by atoms with van der Waals surface area (Å²) in [6.45, 7) is 0.370. The molecule has 0 fully saturated rings. The average molecular weight is 281 g/mol. The van der Waals surface area contributed by atoms with Crippen LogP contribution in [0.1, 0.15) is 11.6 Å². The standard InChI is InChI=1S/C10H9ClN6O2/c1-18-10-8-9(12-4-13-10)17(7(2-11)15-8)3-6-14-5-19-16-6/h4-5H,2-3H2,1H3. The number of imidazole rings is 1. The van der Waals surface area contributed by atoms with E-state index in [0.29, 0.717) is 35.2 Å². The lowest BCUT2D eigenvalue weighted by Gasteiger charge is -2.03. The molecular weight excluding hydrogens is 272 g/mol. The molecule has 0 aliphatic carbocycles. The van der Waals surface area contributed by atoms with Crippen LogP contribution < -0.4 is 4.74 Å². The molecular formula is C10H9ClN6O2. The third-order valence-electron chi connectivity index (χ3n) is 2.60. The normalized spacial score (nSPS) is 11.1. The topological polar surface area (TPSA) is 91.8 Å². The Hall–Kier alpha value is -2.22. The van der Waals surface area contributed by atoms with Gasteiger partial charge in [-0.3, -0.25) is 0 Å². The fraction of sp³-hybridized carbons (Fsp3) is 0.300. The Morgan fingerprint density at radius 2 is 2.26 bits per heavy atom. The smallest absolute Gasteiger partial charge is 0.245 e. The molecule has 9 heteroatoms. The average Bonchev–Trinajstić information content (AvgIpc) is 3.07. The van der Waals surface area contributed by atoms with Crippen LogP contribution in [0.5, 0.6) is 5.88 Å². The van der Waals surface area contributed by atoms with Gasteiger partial charge in [0.1, 0.15) is 12.2 Å². The quantitative estimate of drug-likeness (QED) is 0.658. The Morgan fingerprint density at radius 1 is 1.37 bits per heavy atom. The maximum Gasteiger partial charge on any atom is 0.245 e. The van der Waals surface area contributed by atoms with Crippen molar-refractivity contribution in [1.29, 1.82) is 0 Å². The highest BCUT2D eigenvalue weighted by atomic mass is 35.5. The van der Waals surface area contributed by atoms with Gasteiger partial charge < -0.3 is 13.8 Å². The number of methoxy groups -OCH3 is 1. The summed E-state index contributed by atoms with van der Waals surface area (Å²) in [5.74, 6) is 1.80. The van der Waals surface area contributed by atoms with Crippen molar-refractivity contribution >= 4 is 22.8 Å². The second-order valence-electron chi connectivity index (χ2n) is 3.65. The molecule has 0 amide bonds. The molecule has 0 aliphatic rings. The molecule has 0 aromatic carbocycles. The highest BCUT2D eigenvalue weighted by Gasteiger charge is 2.17. The molecule has 0 radical (unpaired) electrons. The van der Waals surface area contributed by atoms with Crippen LogP contribution in [-0.2, 0) is 12.4 Å². The highest BCUT2D eigenvalue weighted by Crippen LogP contribution is 2.22. The third-order valence-corrected chi connectivity index (χ3v) is 2.84. The van der Waals surface area contributed by atoms with E-state index in [4.69, 9.17) is 20.9 Å². The number of aromatic nitrogens is 6. The van der Waals surface area contributed by atoms with Crippen LogP contribution in [0.2, 0.25) is 0 Å². The van der Waals surface area contributed by atoms with Crippen LogP contribution in [0.15, 0.2) is 17.2 Å². The highest BCUT2D eigenvalue weighted by molar-refractivity contribution is 6.16.